The molecule has 0 aliphatic carbocycles. The van der Waals surface area contributed by atoms with Crippen molar-refractivity contribution in [2.45, 2.75) is 26.8 Å². The van der Waals surface area contributed by atoms with Gasteiger partial charge in [-0.05, 0) is 77.8 Å². The maximum absolute atomic E-state index is 14.1. The first-order valence-corrected chi connectivity index (χ1v) is 15.4. The molecule has 4 aromatic rings. The number of nitrogens with zero attached hydrogens (tertiary/aromatic N) is 2. The van der Waals surface area contributed by atoms with Gasteiger partial charge in [0.1, 0.15) is 5.75 Å². The van der Waals surface area contributed by atoms with Gasteiger partial charge in [-0.15, -0.1) is 0 Å². The number of ether oxygens (including phenoxy) is 2. The number of hydrogen-bond donors (Lipinski definition) is 1. The van der Waals surface area contributed by atoms with Crippen molar-refractivity contribution in [3.8, 4) is 11.5 Å². The zero-order valence-corrected chi connectivity index (χ0v) is 26.8. The Morgan fingerprint density at radius 3 is 2.48 bits per heavy atom. The molecule has 0 fully saturated rings. The van der Waals surface area contributed by atoms with Crippen LogP contribution in [-0.4, -0.2) is 23.1 Å². The van der Waals surface area contributed by atoms with Gasteiger partial charge < -0.3 is 14.8 Å². The molecule has 0 saturated heterocycles. The number of carbonyl (C=O) groups excluding carboxylic acids is 2. The van der Waals surface area contributed by atoms with Crippen LogP contribution >= 0.6 is 43.2 Å². The number of para-hydroxylation sites is 1. The highest BCUT2D eigenvalue weighted by atomic mass is 79.9. The van der Waals surface area contributed by atoms with Gasteiger partial charge in [0.05, 0.1) is 32.9 Å². The molecule has 0 unspecified atom stereocenters. The Morgan fingerprint density at radius 2 is 1.81 bits per heavy atom. The number of aromatic nitrogens is 1. The second kappa shape index (κ2) is 12.6. The van der Waals surface area contributed by atoms with Crippen molar-refractivity contribution in [3.63, 3.8) is 0 Å². The number of allylic oxidation sites excluding steroid dienone is 1. The Morgan fingerprint density at radius 1 is 1.10 bits per heavy atom. The third-order valence-corrected chi connectivity index (χ3v) is 8.40. The minimum absolute atomic E-state index is 0.290. The summed E-state index contributed by atoms with van der Waals surface area (Å²) in [5.41, 5.74) is 2.40. The van der Waals surface area contributed by atoms with Crippen molar-refractivity contribution in [3.05, 3.63) is 118 Å². The fourth-order valence-corrected chi connectivity index (χ4v) is 7.02. The quantitative estimate of drug-likeness (QED) is 0.195. The summed E-state index contributed by atoms with van der Waals surface area (Å²) in [7, 11) is 0. The number of halogens is 2. The molecule has 0 bridgehead atoms. The Labute approximate surface area is 262 Å². The van der Waals surface area contributed by atoms with Crippen molar-refractivity contribution < 1.29 is 19.1 Å². The predicted octanol–water partition coefficient (Wildman–Crippen LogP) is 5.72. The number of fused-ring (bicyclic) bond motifs is 1. The Balaban J connectivity index is 1.69. The van der Waals surface area contributed by atoms with Crippen LogP contribution < -0.4 is 29.7 Å². The molecule has 1 aromatic heterocycles. The lowest BCUT2D eigenvalue weighted by Crippen LogP contribution is -2.40. The van der Waals surface area contributed by atoms with Crippen LogP contribution in [-0.2, 0) is 9.59 Å². The van der Waals surface area contributed by atoms with E-state index in [9.17, 15) is 14.4 Å². The number of amides is 1. The van der Waals surface area contributed by atoms with Crippen molar-refractivity contribution >= 4 is 66.8 Å². The minimum atomic E-state index is -0.745. The van der Waals surface area contributed by atoms with Gasteiger partial charge in [0.2, 0.25) is 0 Å². The molecule has 0 spiro atoms. The summed E-state index contributed by atoms with van der Waals surface area (Å²) in [5.74, 6) is 0.125. The highest BCUT2D eigenvalue weighted by Crippen LogP contribution is 2.34. The van der Waals surface area contributed by atoms with E-state index in [1.165, 1.54) is 22.8 Å². The maximum atomic E-state index is 14.1. The van der Waals surface area contributed by atoms with E-state index < -0.39 is 12.0 Å². The standard InChI is InChI=1S/C31H25Br2N3O5S/c1-4-40-23-12-10-19(11-13-23)27-26(29(38)35-22-8-6-5-7-9-22)17(2)34-31-36(27)30(39)25(42-31)15-20-14-21(32)16-24(33)28(20)41-18(3)37/h5-16,27H,4H2,1-3H3,(H,35,38)/b25-15-/t27-/m1/s1. The monoisotopic (exact) mass is 709 g/mol. The van der Waals surface area contributed by atoms with Gasteiger partial charge in [0.15, 0.2) is 10.6 Å². The van der Waals surface area contributed by atoms with Crippen LogP contribution in [0.3, 0.4) is 0 Å². The summed E-state index contributed by atoms with van der Waals surface area (Å²) in [6, 6.07) is 19.2. The lowest BCUT2D eigenvalue weighted by atomic mass is 9.95. The van der Waals surface area contributed by atoms with Crippen LogP contribution in [0.15, 0.2) is 96.7 Å². The second-order valence-electron chi connectivity index (χ2n) is 9.30. The Kier molecular flexibility index (Phi) is 8.91. The lowest BCUT2D eigenvalue weighted by molar-refractivity contribution is -0.132. The van der Waals surface area contributed by atoms with Crippen molar-refractivity contribution in [1.82, 2.24) is 4.57 Å². The van der Waals surface area contributed by atoms with E-state index >= 15 is 0 Å². The van der Waals surface area contributed by atoms with E-state index in [0.29, 0.717) is 54.4 Å². The third kappa shape index (κ3) is 6.18. The van der Waals surface area contributed by atoms with Crippen LogP contribution in [0.5, 0.6) is 11.5 Å². The SMILES string of the molecule is CCOc1ccc([C@@H]2C(C(=O)Nc3ccccc3)=C(C)N=c3s/c(=C\c4cc(Br)cc(Br)c4OC(C)=O)c(=O)n32)cc1. The molecule has 1 atom stereocenters. The molecule has 2 heterocycles. The van der Waals surface area contributed by atoms with E-state index in [1.54, 1.807) is 37.3 Å². The Bertz CT molecular complexity index is 1900. The minimum Gasteiger partial charge on any atom is -0.494 e. The maximum Gasteiger partial charge on any atom is 0.308 e. The zero-order chi connectivity index (χ0) is 30.0. The number of rotatable bonds is 7. The zero-order valence-electron chi connectivity index (χ0n) is 22.8. The van der Waals surface area contributed by atoms with Gasteiger partial charge in [-0.25, -0.2) is 4.99 Å². The first kappa shape index (κ1) is 29.7. The van der Waals surface area contributed by atoms with E-state index in [2.05, 4.69) is 37.2 Å². The summed E-state index contributed by atoms with van der Waals surface area (Å²) in [4.78, 5) is 44.8. The summed E-state index contributed by atoms with van der Waals surface area (Å²) in [5, 5.41) is 2.95. The molecule has 42 heavy (non-hydrogen) atoms. The average Bonchev–Trinajstić information content (AvgIpc) is 3.25. The van der Waals surface area contributed by atoms with Crippen LogP contribution in [0, 0.1) is 0 Å². The first-order chi connectivity index (χ1) is 20.2. The highest BCUT2D eigenvalue weighted by molar-refractivity contribution is 9.11. The highest BCUT2D eigenvalue weighted by Gasteiger charge is 2.32. The smallest absolute Gasteiger partial charge is 0.308 e. The van der Waals surface area contributed by atoms with Gasteiger partial charge in [-0.2, -0.15) is 0 Å². The third-order valence-electron chi connectivity index (χ3n) is 6.37. The molecule has 8 nitrogen and oxygen atoms in total. The molecular weight excluding hydrogens is 686 g/mol. The van der Waals surface area contributed by atoms with E-state index in [4.69, 9.17) is 14.5 Å². The molecule has 1 N–H and O–H groups in total. The van der Waals surface area contributed by atoms with Crippen molar-refractivity contribution in [2.75, 3.05) is 11.9 Å². The molecule has 11 heteroatoms. The summed E-state index contributed by atoms with van der Waals surface area (Å²) in [6.45, 7) is 5.50. The molecular formula is C31H25Br2N3O5S. The van der Waals surface area contributed by atoms with Gasteiger partial charge >= 0.3 is 5.97 Å². The molecule has 5 rings (SSSR count). The number of carbonyl (C=O) groups is 2. The molecule has 1 aliphatic heterocycles. The fraction of sp³-hybridized carbons (Fsp3) is 0.161. The summed E-state index contributed by atoms with van der Waals surface area (Å²) in [6.07, 6.45) is 1.66. The normalized spacial score (nSPS) is 14.7. The summed E-state index contributed by atoms with van der Waals surface area (Å²) < 4.78 is 14.2. The largest absolute Gasteiger partial charge is 0.494 e. The molecule has 1 aliphatic rings. The average molecular weight is 711 g/mol. The summed E-state index contributed by atoms with van der Waals surface area (Å²) >= 11 is 8.11. The molecule has 3 aromatic carbocycles. The van der Waals surface area contributed by atoms with E-state index in [-0.39, 0.29) is 11.5 Å². The Hall–Kier alpha value is -3.80. The van der Waals surface area contributed by atoms with E-state index in [0.717, 1.165) is 10.0 Å². The van der Waals surface area contributed by atoms with Crippen molar-refractivity contribution in [2.24, 2.45) is 4.99 Å². The van der Waals surface area contributed by atoms with Gasteiger partial charge in [0, 0.05) is 22.6 Å². The van der Waals surface area contributed by atoms with E-state index in [1.807, 2.05) is 49.4 Å². The number of nitrogens with one attached hydrogen (secondary N) is 1. The number of hydrogen-bond acceptors (Lipinski definition) is 7. The first-order valence-electron chi connectivity index (χ1n) is 13.0. The van der Waals surface area contributed by atoms with Gasteiger partial charge in [-0.1, -0.05) is 57.6 Å². The van der Waals surface area contributed by atoms with Crippen LogP contribution in [0.4, 0.5) is 5.69 Å². The van der Waals surface area contributed by atoms with Gasteiger partial charge in [-0.3, -0.25) is 19.0 Å². The number of anilines is 1. The van der Waals surface area contributed by atoms with Crippen LogP contribution in [0.2, 0.25) is 0 Å². The van der Waals surface area contributed by atoms with Crippen molar-refractivity contribution in [1.29, 1.82) is 0 Å². The molecule has 0 saturated carbocycles. The number of esters is 1. The molecule has 1 amide bonds. The lowest BCUT2D eigenvalue weighted by Gasteiger charge is -2.25. The predicted molar refractivity (Wildman–Crippen MR) is 170 cm³/mol. The van der Waals surface area contributed by atoms with Gasteiger partial charge in [0.25, 0.3) is 11.5 Å². The second-order valence-corrected chi connectivity index (χ2v) is 12.1. The fourth-order valence-electron chi connectivity index (χ4n) is 4.64. The molecule has 214 valence electrons. The number of benzene rings is 3. The van der Waals surface area contributed by atoms with Crippen LogP contribution in [0.25, 0.3) is 6.08 Å². The molecule has 0 radical (unpaired) electrons. The topological polar surface area (TPSA) is 99.0 Å². The number of thiazole rings is 1. The van der Waals surface area contributed by atoms with Crippen LogP contribution in [0.1, 0.15) is 37.9 Å².